The minimum atomic E-state index is -0.838. The number of nitrogens with zero attached hydrogens (tertiary/aromatic N) is 2. The minimum absolute atomic E-state index is 0.276. The highest BCUT2D eigenvalue weighted by Gasteiger charge is 2.28. The van der Waals surface area contributed by atoms with Gasteiger partial charge in [0.15, 0.2) is 0 Å². The van der Waals surface area contributed by atoms with Crippen LogP contribution in [0.2, 0.25) is 0 Å². The summed E-state index contributed by atoms with van der Waals surface area (Å²) in [6.07, 6.45) is 0.867. The number of piperidine rings is 1. The van der Waals surface area contributed by atoms with Crippen LogP contribution in [0, 0.1) is 28.8 Å². The van der Waals surface area contributed by atoms with Crippen molar-refractivity contribution in [3.8, 4) is 0 Å². The van der Waals surface area contributed by atoms with Crippen molar-refractivity contribution >= 4 is 17.3 Å². The maximum absolute atomic E-state index is 13.5. The fourth-order valence-electron chi connectivity index (χ4n) is 2.42. The lowest BCUT2D eigenvalue weighted by Gasteiger charge is -2.31. The summed E-state index contributed by atoms with van der Waals surface area (Å²) in [6, 6.07) is 2.38. The zero-order chi connectivity index (χ0) is 14.9. The predicted octanol–water partition coefficient (Wildman–Crippen LogP) is 2.34. The molecule has 0 bridgehead atoms. The normalized spacial score (nSPS) is 16.2. The summed E-state index contributed by atoms with van der Waals surface area (Å²) >= 11 is 0. The number of carboxylic acid groups (broad SMARTS) is 1. The average molecular weight is 282 g/mol. The van der Waals surface area contributed by atoms with Gasteiger partial charge in [-0.3, -0.25) is 14.9 Å². The Morgan fingerprint density at radius 3 is 2.55 bits per heavy atom. The van der Waals surface area contributed by atoms with Gasteiger partial charge in [-0.25, -0.2) is 4.39 Å². The van der Waals surface area contributed by atoms with E-state index in [0.29, 0.717) is 37.2 Å². The molecule has 0 spiro atoms. The molecule has 0 atom stereocenters. The summed E-state index contributed by atoms with van der Waals surface area (Å²) in [4.78, 5) is 23.1. The third-order valence-corrected chi connectivity index (χ3v) is 3.64. The van der Waals surface area contributed by atoms with Crippen molar-refractivity contribution in [2.45, 2.75) is 19.8 Å². The number of hydrogen-bond donors (Lipinski definition) is 1. The van der Waals surface area contributed by atoms with E-state index in [4.69, 9.17) is 5.11 Å². The number of carbonyl (C=O) groups is 1. The molecule has 6 nitrogen and oxygen atoms in total. The third kappa shape index (κ3) is 2.71. The van der Waals surface area contributed by atoms with Crippen molar-refractivity contribution in [3.05, 3.63) is 33.6 Å². The Morgan fingerprint density at radius 2 is 2.05 bits per heavy atom. The van der Waals surface area contributed by atoms with Gasteiger partial charge in [-0.05, 0) is 31.4 Å². The second kappa shape index (κ2) is 5.44. The Balaban J connectivity index is 2.27. The van der Waals surface area contributed by atoms with Crippen molar-refractivity contribution in [1.82, 2.24) is 0 Å². The fraction of sp³-hybridized carbons (Fsp3) is 0.462. The highest BCUT2D eigenvalue weighted by atomic mass is 19.1. The Hall–Kier alpha value is -2.18. The van der Waals surface area contributed by atoms with E-state index < -0.39 is 22.6 Å². The molecule has 0 aliphatic carbocycles. The van der Waals surface area contributed by atoms with Crippen LogP contribution >= 0.6 is 0 Å². The zero-order valence-corrected chi connectivity index (χ0v) is 11.0. The van der Waals surface area contributed by atoms with Gasteiger partial charge in [-0.2, -0.15) is 0 Å². The summed E-state index contributed by atoms with van der Waals surface area (Å²) in [5.41, 5.74) is 0.422. The molecule has 1 N–H and O–H groups in total. The van der Waals surface area contributed by atoms with Gasteiger partial charge in [0.1, 0.15) is 11.5 Å². The summed E-state index contributed by atoms with van der Waals surface area (Å²) in [5.74, 6) is -1.86. The van der Waals surface area contributed by atoms with E-state index in [1.807, 2.05) is 0 Å². The zero-order valence-electron chi connectivity index (χ0n) is 11.0. The monoisotopic (exact) mass is 282 g/mol. The quantitative estimate of drug-likeness (QED) is 0.679. The van der Waals surface area contributed by atoms with Crippen molar-refractivity contribution in [3.63, 3.8) is 0 Å². The number of hydrogen-bond acceptors (Lipinski definition) is 4. The molecule has 20 heavy (non-hydrogen) atoms. The number of benzene rings is 1. The van der Waals surface area contributed by atoms with E-state index in [1.54, 1.807) is 11.8 Å². The highest BCUT2D eigenvalue weighted by molar-refractivity contribution is 5.71. The molecule has 108 valence electrons. The molecule has 1 fully saturated rings. The number of rotatable bonds is 3. The van der Waals surface area contributed by atoms with Crippen molar-refractivity contribution < 1.29 is 19.2 Å². The Bertz CT molecular complexity index is 554. The molecule has 0 radical (unpaired) electrons. The van der Waals surface area contributed by atoms with Gasteiger partial charge in [0.2, 0.25) is 0 Å². The molecule has 1 aromatic rings. The second-order valence-electron chi connectivity index (χ2n) is 4.95. The topological polar surface area (TPSA) is 83.7 Å². The molecule has 0 unspecified atom stereocenters. The van der Waals surface area contributed by atoms with Crippen LogP contribution < -0.4 is 4.90 Å². The molecule has 1 saturated heterocycles. The molecular formula is C13H15FN2O4. The van der Waals surface area contributed by atoms with E-state index >= 15 is 0 Å². The average Bonchev–Trinajstić information content (AvgIpc) is 2.41. The van der Waals surface area contributed by atoms with Crippen LogP contribution in [0.25, 0.3) is 0 Å². The van der Waals surface area contributed by atoms with Gasteiger partial charge in [-0.1, -0.05) is 0 Å². The molecule has 1 aliphatic heterocycles. The Labute approximate surface area is 115 Å². The summed E-state index contributed by atoms with van der Waals surface area (Å²) in [7, 11) is 0. The molecule has 1 aromatic carbocycles. The van der Waals surface area contributed by atoms with Gasteiger partial charge in [-0.15, -0.1) is 0 Å². The Kier molecular flexibility index (Phi) is 3.87. The molecule has 2 rings (SSSR count). The van der Waals surface area contributed by atoms with E-state index in [9.17, 15) is 19.3 Å². The Morgan fingerprint density at radius 1 is 1.45 bits per heavy atom. The van der Waals surface area contributed by atoms with Gasteiger partial charge < -0.3 is 10.0 Å². The number of aliphatic carboxylic acids is 1. The SMILES string of the molecule is Cc1cc(N2CCC(C(=O)O)CC2)c([N+](=O)[O-])cc1F. The minimum Gasteiger partial charge on any atom is -0.481 e. The number of aryl methyl sites for hydroxylation is 1. The van der Waals surface area contributed by atoms with Gasteiger partial charge >= 0.3 is 5.97 Å². The molecule has 1 heterocycles. The summed E-state index contributed by atoms with van der Waals surface area (Å²) < 4.78 is 13.5. The van der Waals surface area contributed by atoms with Crippen LogP contribution in [0.15, 0.2) is 12.1 Å². The van der Waals surface area contributed by atoms with Crippen molar-refractivity contribution in [2.24, 2.45) is 5.92 Å². The van der Waals surface area contributed by atoms with Crippen LogP contribution in [-0.4, -0.2) is 29.1 Å². The fourth-order valence-corrected chi connectivity index (χ4v) is 2.42. The lowest BCUT2D eigenvalue weighted by Crippen LogP contribution is -2.36. The lowest BCUT2D eigenvalue weighted by atomic mass is 9.96. The molecule has 7 heteroatoms. The van der Waals surface area contributed by atoms with Gasteiger partial charge in [0.05, 0.1) is 16.9 Å². The first-order valence-electron chi connectivity index (χ1n) is 6.32. The molecule has 0 aromatic heterocycles. The van der Waals surface area contributed by atoms with E-state index in [0.717, 1.165) is 6.07 Å². The van der Waals surface area contributed by atoms with Gasteiger partial charge in [0.25, 0.3) is 5.69 Å². The van der Waals surface area contributed by atoms with Crippen LogP contribution in [0.1, 0.15) is 18.4 Å². The molecular weight excluding hydrogens is 267 g/mol. The molecule has 1 aliphatic rings. The van der Waals surface area contributed by atoms with E-state index in [1.165, 1.54) is 6.07 Å². The van der Waals surface area contributed by atoms with Gasteiger partial charge in [0, 0.05) is 13.1 Å². The first-order chi connectivity index (χ1) is 9.40. The number of anilines is 1. The number of nitro benzene ring substituents is 1. The highest BCUT2D eigenvalue weighted by Crippen LogP contribution is 2.33. The van der Waals surface area contributed by atoms with Crippen molar-refractivity contribution in [2.75, 3.05) is 18.0 Å². The van der Waals surface area contributed by atoms with Crippen LogP contribution in [0.3, 0.4) is 0 Å². The first kappa shape index (κ1) is 14.2. The van der Waals surface area contributed by atoms with Crippen LogP contribution in [-0.2, 0) is 4.79 Å². The number of nitro groups is 1. The molecule has 0 saturated carbocycles. The van der Waals surface area contributed by atoms with E-state index in [-0.39, 0.29) is 5.69 Å². The van der Waals surface area contributed by atoms with Crippen LogP contribution in [0.5, 0.6) is 0 Å². The van der Waals surface area contributed by atoms with Crippen molar-refractivity contribution in [1.29, 1.82) is 0 Å². The first-order valence-corrected chi connectivity index (χ1v) is 6.32. The molecule has 0 amide bonds. The standard InChI is InChI=1S/C13H15FN2O4/c1-8-6-11(12(16(19)20)7-10(8)14)15-4-2-9(3-5-15)13(17)18/h6-7,9H,2-5H2,1H3,(H,17,18). The predicted molar refractivity (Wildman–Crippen MR) is 70.4 cm³/mol. The van der Waals surface area contributed by atoms with E-state index in [2.05, 4.69) is 0 Å². The summed E-state index contributed by atoms with van der Waals surface area (Å²) in [5, 5.41) is 20.0. The van der Waals surface area contributed by atoms with Crippen LogP contribution in [0.4, 0.5) is 15.8 Å². The maximum Gasteiger partial charge on any atom is 0.306 e. The smallest absolute Gasteiger partial charge is 0.306 e. The number of carboxylic acids is 1. The lowest BCUT2D eigenvalue weighted by molar-refractivity contribution is -0.384. The second-order valence-corrected chi connectivity index (χ2v) is 4.95. The largest absolute Gasteiger partial charge is 0.481 e. The summed E-state index contributed by atoms with van der Waals surface area (Å²) in [6.45, 7) is 2.39. The third-order valence-electron chi connectivity index (χ3n) is 3.64. The maximum atomic E-state index is 13.5. The number of halogens is 1.